The van der Waals surface area contributed by atoms with Gasteiger partial charge < -0.3 is 14.8 Å². The van der Waals surface area contributed by atoms with Gasteiger partial charge in [-0.15, -0.1) is 0 Å². The Morgan fingerprint density at radius 3 is 2.47 bits per heavy atom. The molecule has 88 valence electrons. The molecule has 0 aliphatic carbocycles. The minimum Gasteiger partial charge on any atom is -0.870 e. The summed E-state index contributed by atoms with van der Waals surface area (Å²) in [5.41, 5.74) is 0.321. The van der Waals surface area contributed by atoms with Crippen LogP contribution in [0.2, 0.25) is 0 Å². The Hall–Kier alpha value is 0.106. The molecule has 0 unspecified atom stereocenters. The maximum absolute atomic E-state index is 11.3. The number of benzene rings is 1. The summed E-state index contributed by atoms with van der Waals surface area (Å²) in [5, 5.41) is 8.71. The summed E-state index contributed by atoms with van der Waals surface area (Å²) in [7, 11) is 0. The van der Waals surface area contributed by atoms with Gasteiger partial charge in [-0.3, -0.25) is 0 Å². The van der Waals surface area contributed by atoms with Gasteiger partial charge in [-0.2, -0.15) is 0 Å². The van der Waals surface area contributed by atoms with Crippen LogP contribution < -0.4 is 51.4 Å². The van der Waals surface area contributed by atoms with E-state index in [1.54, 1.807) is 0 Å². The number of carboxylic acids is 1. The van der Waals surface area contributed by atoms with E-state index < -0.39 is 11.9 Å². The van der Waals surface area contributed by atoms with E-state index in [1.165, 1.54) is 24.3 Å². The van der Waals surface area contributed by atoms with Crippen LogP contribution in [0.3, 0.4) is 0 Å². The van der Waals surface area contributed by atoms with E-state index in [2.05, 4.69) is 0 Å². The van der Waals surface area contributed by atoms with Crippen molar-refractivity contribution in [3.05, 3.63) is 35.4 Å². The van der Waals surface area contributed by atoms with Crippen molar-refractivity contribution in [1.82, 2.24) is 0 Å². The Labute approximate surface area is 146 Å². The molecule has 0 heterocycles. The normalized spacial score (nSPS) is 8.53. The third kappa shape index (κ3) is 6.56. The van der Waals surface area contributed by atoms with Crippen LogP contribution >= 0.6 is 12.0 Å². The molecule has 0 aromatic heterocycles. The van der Waals surface area contributed by atoms with Crippen molar-refractivity contribution in [1.29, 1.82) is 0 Å². The molecule has 5 nitrogen and oxygen atoms in total. The van der Waals surface area contributed by atoms with Gasteiger partial charge in [0, 0.05) is 5.75 Å². The number of hydrogen-bond donors (Lipinski definition) is 1. The van der Waals surface area contributed by atoms with Gasteiger partial charge in [0.15, 0.2) is 0 Å². The molecule has 2 N–H and O–H groups in total. The third-order valence-corrected chi connectivity index (χ3v) is 2.10. The van der Waals surface area contributed by atoms with E-state index in [9.17, 15) is 9.59 Å². The summed E-state index contributed by atoms with van der Waals surface area (Å²) >= 11 is 1.03. The zero-order valence-electron chi connectivity index (χ0n) is 9.54. The molecule has 1 aromatic carbocycles. The van der Waals surface area contributed by atoms with Gasteiger partial charge in [-0.05, 0) is 18.2 Å². The number of carbonyl (C=O) groups excluding carboxylic acids is 1. The fraction of sp³-hybridized carbons (Fsp3) is 0.200. The van der Waals surface area contributed by atoms with Crippen molar-refractivity contribution >= 4 is 24.0 Å². The third-order valence-electron chi connectivity index (χ3n) is 1.60. The Morgan fingerprint density at radius 1 is 1.35 bits per heavy atom. The van der Waals surface area contributed by atoms with Gasteiger partial charge in [0.2, 0.25) is 0 Å². The van der Waals surface area contributed by atoms with Gasteiger partial charge in [-0.25, -0.2) is 9.59 Å². The zero-order chi connectivity index (χ0) is 11.3. The van der Waals surface area contributed by atoms with Gasteiger partial charge in [-0.1, -0.05) is 13.0 Å². The predicted octanol–water partition coefficient (Wildman–Crippen LogP) is -0.963. The molecule has 7 heteroatoms. The number of aromatic carboxylic acids is 1. The molecule has 0 bridgehead atoms. The molecule has 17 heavy (non-hydrogen) atoms. The van der Waals surface area contributed by atoms with Crippen LogP contribution in [0.25, 0.3) is 0 Å². The molecule has 0 saturated carbocycles. The Bertz CT molecular complexity index is 383. The number of carbonyl (C=O) groups is 2. The maximum Gasteiger partial charge on any atom is 1.00 e. The first kappa shape index (κ1) is 19.4. The largest absolute Gasteiger partial charge is 1.00 e. The fourth-order valence-electron chi connectivity index (χ4n) is 0.940. The minimum atomic E-state index is -1.06. The molecule has 1 rings (SSSR count). The second-order valence-corrected chi connectivity index (χ2v) is 3.64. The second-order valence-electron chi connectivity index (χ2n) is 2.66. The quantitative estimate of drug-likeness (QED) is 0.564. The fourth-order valence-corrected chi connectivity index (χ4v) is 1.26. The van der Waals surface area contributed by atoms with E-state index in [-0.39, 0.29) is 68.0 Å². The zero-order valence-corrected chi connectivity index (χ0v) is 13.5. The molecule has 0 aliphatic rings. The van der Waals surface area contributed by atoms with Crippen LogP contribution in [0.4, 0.5) is 0 Å². The predicted molar refractivity (Wildman–Crippen MR) is 58.9 cm³/mol. The van der Waals surface area contributed by atoms with E-state index in [0.29, 0.717) is 5.75 Å². The Kier molecular flexibility index (Phi) is 11.5. The monoisotopic (exact) mass is 282 g/mol. The number of carboxylic acid groups (broad SMARTS) is 1. The first-order valence-corrected chi connectivity index (χ1v) is 5.23. The summed E-state index contributed by atoms with van der Waals surface area (Å²) in [4.78, 5) is 22.0. The molecule has 0 atom stereocenters. The Balaban J connectivity index is 0. The summed E-state index contributed by atoms with van der Waals surface area (Å²) in [6.45, 7) is 1.85. The average Bonchev–Trinajstić information content (AvgIpc) is 2.26. The Morgan fingerprint density at radius 2 is 1.94 bits per heavy atom. The molecule has 0 amide bonds. The topological polar surface area (TPSA) is 93.6 Å². The second kappa shape index (κ2) is 10.1. The number of rotatable bonds is 4. The van der Waals surface area contributed by atoms with Gasteiger partial charge in [0.05, 0.1) is 23.2 Å². The number of hydrogen-bond acceptors (Lipinski definition) is 5. The van der Waals surface area contributed by atoms with E-state index in [1.807, 2.05) is 6.92 Å². The summed E-state index contributed by atoms with van der Waals surface area (Å²) in [6.07, 6.45) is 0. The van der Waals surface area contributed by atoms with Crippen LogP contribution in [0.15, 0.2) is 24.3 Å². The average molecular weight is 282 g/mol. The molecule has 0 aliphatic heterocycles. The van der Waals surface area contributed by atoms with Crippen molar-refractivity contribution in [2.75, 3.05) is 5.75 Å². The van der Waals surface area contributed by atoms with Crippen LogP contribution in [-0.4, -0.2) is 28.3 Å². The van der Waals surface area contributed by atoms with Crippen molar-refractivity contribution in [2.45, 2.75) is 6.92 Å². The van der Waals surface area contributed by atoms with Crippen LogP contribution in [0.5, 0.6) is 0 Å². The minimum absolute atomic E-state index is 0. The van der Waals surface area contributed by atoms with E-state index in [4.69, 9.17) is 9.29 Å². The first-order chi connectivity index (χ1) is 7.15. The SMILES string of the molecule is CCSOC(=O)c1cccc(C(=O)O)c1.[K+].[OH-]. The summed E-state index contributed by atoms with van der Waals surface area (Å²) in [5.74, 6) is -0.928. The van der Waals surface area contributed by atoms with Gasteiger partial charge in [0.1, 0.15) is 0 Å². The van der Waals surface area contributed by atoms with Gasteiger partial charge in [0.25, 0.3) is 0 Å². The molecule has 0 fully saturated rings. The van der Waals surface area contributed by atoms with Crippen LogP contribution in [0, 0.1) is 0 Å². The molecular formula is C10H11KO5S. The van der Waals surface area contributed by atoms with Crippen LogP contribution in [-0.2, 0) is 4.18 Å². The van der Waals surface area contributed by atoms with Crippen molar-refractivity contribution < 1.29 is 75.7 Å². The smallest absolute Gasteiger partial charge is 0.870 e. The van der Waals surface area contributed by atoms with E-state index >= 15 is 0 Å². The maximum atomic E-state index is 11.3. The molecule has 0 spiro atoms. The summed E-state index contributed by atoms with van der Waals surface area (Å²) < 4.78 is 4.80. The molecular weight excluding hydrogens is 271 g/mol. The van der Waals surface area contributed by atoms with Gasteiger partial charge >= 0.3 is 63.3 Å². The molecule has 0 radical (unpaired) electrons. The van der Waals surface area contributed by atoms with Crippen molar-refractivity contribution in [2.24, 2.45) is 0 Å². The van der Waals surface area contributed by atoms with Crippen molar-refractivity contribution in [3.63, 3.8) is 0 Å². The van der Waals surface area contributed by atoms with Crippen LogP contribution in [0.1, 0.15) is 27.6 Å². The molecule has 1 aromatic rings. The van der Waals surface area contributed by atoms with E-state index in [0.717, 1.165) is 12.0 Å². The molecule has 0 saturated heterocycles. The standard InChI is InChI=1S/C10H10O4S.K.H2O/c1-2-15-14-10(13)8-5-3-4-7(6-8)9(11)12;;/h3-6H,2H2,1H3,(H,11,12);;1H2/q;+1;/p-1. The first-order valence-electron chi connectivity index (χ1n) is 4.32. The van der Waals surface area contributed by atoms with Crippen molar-refractivity contribution in [3.8, 4) is 0 Å². The summed E-state index contributed by atoms with van der Waals surface area (Å²) in [6, 6.07) is 5.74.